The van der Waals surface area contributed by atoms with Crippen molar-refractivity contribution in [3.05, 3.63) is 82.4 Å². The molecule has 0 saturated carbocycles. The highest BCUT2D eigenvalue weighted by Crippen LogP contribution is 2.27. The summed E-state index contributed by atoms with van der Waals surface area (Å²) >= 11 is 6.08. The molecule has 0 heterocycles. The van der Waals surface area contributed by atoms with E-state index in [2.05, 4.69) is 10.6 Å². The summed E-state index contributed by atoms with van der Waals surface area (Å²) in [7, 11) is 1.52. The first kappa shape index (κ1) is 22.2. The standard InChI is InChI=1S/C24H23ClN2O4/c1-15-5-4-6-21(16(15)2)27-23(28)14-31-19-10-7-17(8-11-19)24(29)26-18-9-12-22(30-3)20(25)13-18/h4-13H,14H2,1-3H3,(H,26,29)(H,27,28). The van der Waals surface area contributed by atoms with Gasteiger partial charge in [-0.3, -0.25) is 9.59 Å². The van der Waals surface area contributed by atoms with E-state index in [-0.39, 0.29) is 18.4 Å². The van der Waals surface area contributed by atoms with E-state index < -0.39 is 0 Å². The SMILES string of the molecule is COc1ccc(NC(=O)c2ccc(OCC(=O)Nc3cccc(C)c3C)cc2)cc1Cl. The molecule has 0 atom stereocenters. The van der Waals surface area contributed by atoms with Crippen LogP contribution in [-0.4, -0.2) is 25.5 Å². The maximum absolute atomic E-state index is 12.4. The van der Waals surface area contributed by atoms with Crippen LogP contribution in [0.3, 0.4) is 0 Å². The molecule has 0 aliphatic rings. The number of methoxy groups -OCH3 is 1. The Hall–Kier alpha value is -3.51. The summed E-state index contributed by atoms with van der Waals surface area (Å²) in [5, 5.41) is 6.02. The number of amides is 2. The monoisotopic (exact) mass is 438 g/mol. The number of hydrogen-bond donors (Lipinski definition) is 2. The molecule has 6 nitrogen and oxygen atoms in total. The van der Waals surface area contributed by atoms with Gasteiger partial charge in [-0.15, -0.1) is 0 Å². The van der Waals surface area contributed by atoms with E-state index in [0.29, 0.717) is 27.8 Å². The molecule has 2 amide bonds. The van der Waals surface area contributed by atoms with Crippen molar-refractivity contribution in [3.63, 3.8) is 0 Å². The number of carbonyl (C=O) groups excluding carboxylic acids is 2. The summed E-state index contributed by atoms with van der Waals surface area (Å²) < 4.78 is 10.6. The lowest BCUT2D eigenvalue weighted by Crippen LogP contribution is -2.20. The summed E-state index contributed by atoms with van der Waals surface area (Å²) in [5.74, 6) is 0.468. The van der Waals surface area contributed by atoms with Gasteiger partial charge in [-0.2, -0.15) is 0 Å². The molecule has 3 rings (SSSR count). The first-order valence-corrected chi connectivity index (χ1v) is 9.99. The molecule has 2 N–H and O–H groups in total. The van der Waals surface area contributed by atoms with Crippen LogP contribution in [0, 0.1) is 13.8 Å². The van der Waals surface area contributed by atoms with Crippen molar-refractivity contribution in [2.45, 2.75) is 13.8 Å². The van der Waals surface area contributed by atoms with E-state index in [1.165, 1.54) is 7.11 Å². The van der Waals surface area contributed by atoms with Crippen molar-refractivity contribution in [2.24, 2.45) is 0 Å². The minimum Gasteiger partial charge on any atom is -0.495 e. The van der Waals surface area contributed by atoms with Crippen molar-refractivity contribution in [2.75, 3.05) is 24.4 Å². The van der Waals surface area contributed by atoms with Gasteiger partial charge in [-0.05, 0) is 73.5 Å². The van der Waals surface area contributed by atoms with Gasteiger partial charge in [0, 0.05) is 16.9 Å². The quantitative estimate of drug-likeness (QED) is 0.529. The number of rotatable bonds is 7. The van der Waals surface area contributed by atoms with Gasteiger partial charge < -0.3 is 20.1 Å². The summed E-state index contributed by atoms with van der Waals surface area (Å²) in [4.78, 5) is 24.6. The van der Waals surface area contributed by atoms with Crippen LogP contribution >= 0.6 is 11.6 Å². The molecule has 0 aliphatic carbocycles. The fourth-order valence-corrected chi connectivity index (χ4v) is 3.13. The Morgan fingerprint density at radius 1 is 0.968 bits per heavy atom. The van der Waals surface area contributed by atoms with E-state index in [1.54, 1.807) is 42.5 Å². The summed E-state index contributed by atoms with van der Waals surface area (Å²) in [6.45, 7) is 3.81. The van der Waals surface area contributed by atoms with Gasteiger partial charge in [-0.1, -0.05) is 23.7 Å². The summed E-state index contributed by atoms with van der Waals surface area (Å²) in [6, 6.07) is 17.3. The van der Waals surface area contributed by atoms with Gasteiger partial charge in [0.2, 0.25) is 0 Å². The number of hydrogen-bond acceptors (Lipinski definition) is 4. The van der Waals surface area contributed by atoms with Crippen molar-refractivity contribution in [1.29, 1.82) is 0 Å². The van der Waals surface area contributed by atoms with Gasteiger partial charge in [0.15, 0.2) is 6.61 Å². The predicted octanol–water partition coefficient (Wildman–Crippen LogP) is 5.24. The zero-order valence-electron chi connectivity index (χ0n) is 17.5. The zero-order chi connectivity index (χ0) is 22.4. The summed E-state index contributed by atoms with van der Waals surface area (Å²) in [6.07, 6.45) is 0. The molecular weight excluding hydrogens is 416 g/mol. The number of nitrogens with one attached hydrogen (secondary N) is 2. The molecule has 0 fully saturated rings. The molecule has 0 unspecified atom stereocenters. The third kappa shape index (κ3) is 5.77. The number of ether oxygens (including phenoxy) is 2. The van der Waals surface area contributed by atoms with E-state index in [9.17, 15) is 9.59 Å². The second-order valence-corrected chi connectivity index (χ2v) is 7.32. The topological polar surface area (TPSA) is 76.7 Å². The van der Waals surface area contributed by atoms with Gasteiger partial charge in [0.1, 0.15) is 11.5 Å². The second-order valence-electron chi connectivity index (χ2n) is 6.91. The largest absolute Gasteiger partial charge is 0.495 e. The van der Waals surface area contributed by atoms with E-state index in [4.69, 9.17) is 21.1 Å². The van der Waals surface area contributed by atoms with Crippen molar-refractivity contribution in [3.8, 4) is 11.5 Å². The van der Waals surface area contributed by atoms with Crippen LogP contribution in [0.1, 0.15) is 21.5 Å². The van der Waals surface area contributed by atoms with E-state index in [1.807, 2.05) is 32.0 Å². The maximum Gasteiger partial charge on any atom is 0.262 e. The van der Waals surface area contributed by atoms with Crippen molar-refractivity contribution in [1.82, 2.24) is 0 Å². The lowest BCUT2D eigenvalue weighted by Gasteiger charge is -2.11. The molecular formula is C24H23ClN2O4. The van der Waals surface area contributed by atoms with Crippen molar-refractivity contribution >= 4 is 34.8 Å². The molecule has 0 bridgehead atoms. The van der Waals surface area contributed by atoms with Gasteiger partial charge in [-0.25, -0.2) is 0 Å². The lowest BCUT2D eigenvalue weighted by molar-refractivity contribution is -0.118. The molecule has 0 radical (unpaired) electrons. The minimum absolute atomic E-state index is 0.136. The van der Waals surface area contributed by atoms with E-state index in [0.717, 1.165) is 16.8 Å². The van der Waals surface area contributed by atoms with Crippen LogP contribution in [0.5, 0.6) is 11.5 Å². The molecule has 0 aliphatic heterocycles. The number of benzene rings is 3. The lowest BCUT2D eigenvalue weighted by atomic mass is 10.1. The molecule has 3 aromatic rings. The Morgan fingerprint density at radius 2 is 1.71 bits per heavy atom. The second kappa shape index (κ2) is 10.00. The van der Waals surface area contributed by atoms with Gasteiger partial charge in [0.25, 0.3) is 11.8 Å². The Kier molecular flexibility index (Phi) is 7.15. The maximum atomic E-state index is 12.4. The predicted molar refractivity (Wildman–Crippen MR) is 122 cm³/mol. The zero-order valence-corrected chi connectivity index (χ0v) is 18.2. The Morgan fingerprint density at radius 3 is 2.39 bits per heavy atom. The first-order chi connectivity index (χ1) is 14.9. The Labute approximate surface area is 186 Å². The van der Waals surface area contributed by atoms with Crippen LogP contribution in [-0.2, 0) is 4.79 Å². The summed E-state index contributed by atoms with van der Waals surface area (Å²) in [5.41, 5.74) is 3.88. The van der Waals surface area contributed by atoms with Crippen LogP contribution in [0.15, 0.2) is 60.7 Å². The fraction of sp³-hybridized carbons (Fsp3) is 0.167. The van der Waals surface area contributed by atoms with Crippen LogP contribution in [0.4, 0.5) is 11.4 Å². The van der Waals surface area contributed by atoms with E-state index >= 15 is 0 Å². The minimum atomic E-state index is -0.291. The van der Waals surface area contributed by atoms with Crippen LogP contribution < -0.4 is 20.1 Å². The molecule has 7 heteroatoms. The van der Waals surface area contributed by atoms with Crippen LogP contribution in [0.2, 0.25) is 5.02 Å². The highest BCUT2D eigenvalue weighted by Gasteiger charge is 2.10. The van der Waals surface area contributed by atoms with Crippen LogP contribution in [0.25, 0.3) is 0 Å². The third-order valence-corrected chi connectivity index (χ3v) is 5.07. The number of anilines is 2. The molecule has 0 spiro atoms. The van der Waals surface area contributed by atoms with Crippen molar-refractivity contribution < 1.29 is 19.1 Å². The van der Waals surface area contributed by atoms with Gasteiger partial charge in [0.05, 0.1) is 12.1 Å². The smallest absolute Gasteiger partial charge is 0.262 e. The highest BCUT2D eigenvalue weighted by molar-refractivity contribution is 6.32. The molecule has 0 saturated heterocycles. The first-order valence-electron chi connectivity index (χ1n) is 9.61. The molecule has 3 aromatic carbocycles. The Balaban J connectivity index is 1.54. The highest BCUT2D eigenvalue weighted by atomic mass is 35.5. The molecule has 31 heavy (non-hydrogen) atoms. The fourth-order valence-electron chi connectivity index (χ4n) is 2.87. The number of halogens is 1. The Bertz CT molecular complexity index is 1100. The van der Waals surface area contributed by atoms with Gasteiger partial charge >= 0.3 is 0 Å². The third-order valence-electron chi connectivity index (χ3n) is 4.77. The average molecular weight is 439 g/mol. The number of aryl methyl sites for hydroxylation is 1. The normalized spacial score (nSPS) is 10.3. The number of carbonyl (C=O) groups is 2. The molecule has 0 aromatic heterocycles. The molecule has 160 valence electrons. The average Bonchev–Trinajstić information content (AvgIpc) is 2.76.